The second-order valence-corrected chi connectivity index (χ2v) is 4.63. The zero-order valence-corrected chi connectivity index (χ0v) is 11.4. The van der Waals surface area contributed by atoms with Gasteiger partial charge in [-0.3, -0.25) is 10.1 Å². The van der Waals surface area contributed by atoms with Gasteiger partial charge >= 0.3 is 5.97 Å². The van der Waals surface area contributed by atoms with E-state index in [0.29, 0.717) is 12.2 Å². The predicted octanol–water partition coefficient (Wildman–Crippen LogP) is 3.21. The molecule has 0 fully saturated rings. The monoisotopic (exact) mass is 286 g/mol. The first-order valence-electron chi connectivity index (χ1n) is 6.28. The van der Waals surface area contributed by atoms with Crippen molar-refractivity contribution >= 4 is 17.3 Å². The highest BCUT2D eigenvalue weighted by Gasteiger charge is 2.16. The van der Waals surface area contributed by atoms with E-state index in [0.717, 1.165) is 17.2 Å². The maximum absolute atomic E-state index is 11.0. The molecule has 21 heavy (non-hydrogen) atoms. The number of benzene rings is 2. The van der Waals surface area contributed by atoms with Crippen LogP contribution in [0.4, 0.5) is 11.4 Å². The van der Waals surface area contributed by atoms with Crippen molar-refractivity contribution in [3.63, 3.8) is 0 Å². The minimum absolute atomic E-state index is 0.109. The van der Waals surface area contributed by atoms with Gasteiger partial charge < -0.3 is 10.4 Å². The van der Waals surface area contributed by atoms with Crippen LogP contribution in [0.15, 0.2) is 42.5 Å². The average molecular weight is 286 g/mol. The van der Waals surface area contributed by atoms with Crippen LogP contribution in [0.3, 0.4) is 0 Å². The lowest BCUT2D eigenvalue weighted by atomic mass is 10.1. The summed E-state index contributed by atoms with van der Waals surface area (Å²) in [6.45, 7) is 2.40. The number of carboxylic acids is 1. The molecule has 0 aliphatic heterocycles. The zero-order valence-electron chi connectivity index (χ0n) is 11.4. The number of nitrogens with one attached hydrogen (secondary N) is 1. The number of hydrogen-bond donors (Lipinski definition) is 2. The number of hydrogen-bond acceptors (Lipinski definition) is 4. The summed E-state index contributed by atoms with van der Waals surface area (Å²) in [5.74, 6) is -1.19. The molecule has 0 aliphatic rings. The van der Waals surface area contributed by atoms with E-state index in [1.165, 1.54) is 12.1 Å². The maximum Gasteiger partial charge on any atom is 0.335 e. The van der Waals surface area contributed by atoms with Crippen LogP contribution >= 0.6 is 0 Å². The molecule has 0 radical (unpaired) electrons. The lowest BCUT2D eigenvalue weighted by molar-refractivity contribution is -0.384. The number of rotatable bonds is 5. The summed E-state index contributed by atoms with van der Waals surface area (Å²) < 4.78 is 0. The Labute approximate surface area is 121 Å². The Hall–Kier alpha value is -2.89. The summed E-state index contributed by atoms with van der Waals surface area (Å²) in [6.07, 6.45) is 0. The molecule has 0 aliphatic carbocycles. The number of anilines is 1. The van der Waals surface area contributed by atoms with E-state index in [-0.39, 0.29) is 11.3 Å². The Morgan fingerprint density at radius 1 is 1.24 bits per heavy atom. The van der Waals surface area contributed by atoms with Crippen LogP contribution in [0.5, 0.6) is 0 Å². The van der Waals surface area contributed by atoms with Crippen LogP contribution in [0.2, 0.25) is 0 Å². The van der Waals surface area contributed by atoms with Gasteiger partial charge in [-0.15, -0.1) is 0 Å². The number of aryl methyl sites for hydroxylation is 1. The standard InChI is InChI=1S/C15H14N2O4/c1-10-2-4-11(5-3-10)9-16-13-7-6-12(15(18)19)8-14(13)17(20)21/h2-8,16H,9H2,1H3,(H,18,19). The van der Waals surface area contributed by atoms with Crippen molar-refractivity contribution in [3.8, 4) is 0 Å². The number of nitro benzene ring substituents is 1. The fourth-order valence-electron chi connectivity index (χ4n) is 1.87. The van der Waals surface area contributed by atoms with Crippen molar-refractivity contribution in [2.45, 2.75) is 13.5 Å². The summed E-state index contributed by atoms with van der Waals surface area (Å²) in [4.78, 5) is 21.3. The lowest BCUT2D eigenvalue weighted by Crippen LogP contribution is -2.05. The van der Waals surface area contributed by atoms with Crippen molar-refractivity contribution < 1.29 is 14.8 Å². The minimum Gasteiger partial charge on any atom is -0.478 e. The molecule has 0 amide bonds. The van der Waals surface area contributed by atoms with Gasteiger partial charge in [0.05, 0.1) is 10.5 Å². The van der Waals surface area contributed by atoms with E-state index in [2.05, 4.69) is 5.32 Å². The first-order chi connectivity index (χ1) is 9.97. The third kappa shape index (κ3) is 3.56. The van der Waals surface area contributed by atoms with E-state index in [1.54, 1.807) is 0 Å². The van der Waals surface area contributed by atoms with Gasteiger partial charge in [0.1, 0.15) is 5.69 Å². The zero-order chi connectivity index (χ0) is 15.4. The van der Waals surface area contributed by atoms with Crippen LogP contribution in [-0.4, -0.2) is 16.0 Å². The molecule has 0 aromatic heterocycles. The normalized spacial score (nSPS) is 10.1. The Morgan fingerprint density at radius 3 is 2.48 bits per heavy atom. The van der Waals surface area contributed by atoms with Crippen molar-refractivity contribution in [3.05, 3.63) is 69.3 Å². The Kier molecular flexibility index (Phi) is 4.18. The van der Waals surface area contributed by atoms with Gasteiger partial charge in [0, 0.05) is 12.6 Å². The molecule has 108 valence electrons. The van der Waals surface area contributed by atoms with E-state index in [4.69, 9.17) is 5.11 Å². The minimum atomic E-state index is -1.19. The maximum atomic E-state index is 11.0. The number of carbonyl (C=O) groups is 1. The molecule has 2 rings (SSSR count). The number of nitro groups is 1. The van der Waals surface area contributed by atoms with Crippen LogP contribution in [0.1, 0.15) is 21.5 Å². The van der Waals surface area contributed by atoms with Gasteiger partial charge in [0.15, 0.2) is 0 Å². The molecule has 0 atom stereocenters. The Bertz CT molecular complexity index is 681. The highest BCUT2D eigenvalue weighted by molar-refractivity contribution is 5.89. The molecule has 0 bridgehead atoms. The quantitative estimate of drug-likeness (QED) is 0.650. The highest BCUT2D eigenvalue weighted by Crippen LogP contribution is 2.26. The third-order valence-electron chi connectivity index (χ3n) is 3.04. The Morgan fingerprint density at radius 2 is 1.90 bits per heavy atom. The molecule has 2 N–H and O–H groups in total. The van der Waals surface area contributed by atoms with Gasteiger partial charge in [-0.25, -0.2) is 4.79 Å². The van der Waals surface area contributed by atoms with E-state index in [1.807, 2.05) is 31.2 Å². The van der Waals surface area contributed by atoms with Gasteiger partial charge in [-0.2, -0.15) is 0 Å². The van der Waals surface area contributed by atoms with Gasteiger partial charge in [0.2, 0.25) is 0 Å². The number of carboxylic acid groups (broad SMARTS) is 1. The summed E-state index contributed by atoms with van der Waals surface area (Å²) in [6, 6.07) is 11.6. The first kappa shape index (κ1) is 14.5. The van der Waals surface area contributed by atoms with E-state index >= 15 is 0 Å². The third-order valence-corrected chi connectivity index (χ3v) is 3.04. The molecule has 2 aromatic carbocycles. The van der Waals surface area contributed by atoms with E-state index in [9.17, 15) is 14.9 Å². The molecule has 0 unspecified atom stereocenters. The second kappa shape index (κ2) is 6.04. The molecule has 0 heterocycles. The average Bonchev–Trinajstić information content (AvgIpc) is 2.46. The summed E-state index contributed by atoms with van der Waals surface area (Å²) >= 11 is 0. The Balaban J connectivity index is 2.21. The fraction of sp³-hybridized carbons (Fsp3) is 0.133. The smallest absolute Gasteiger partial charge is 0.335 e. The number of nitrogens with zero attached hydrogens (tertiary/aromatic N) is 1. The van der Waals surface area contributed by atoms with Crippen molar-refractivity contribution in [2.24, 2.45) is 0 Å². The first-order valence-corrected chi connectivity index (χ1v) is 6.28. The largest absolute Gasteiger partial charge is 0.478 e. The summed E-state index contributed by atoms with van der Waals surface area (Å²) in [5, 5.41) is 22.9. The lowest BCUT2D eigenvalue weighted by Gasteiger charge is -2.08. The van der Waals surface area contributed by atoms with Gasteiger partial charge in [0.25, 0.3) is 5.69 Å². The number of aromatic carboxylic acids is 1. The van der Waals surface area contributed by atoms with Crippen molar-refractivity contribution in [2.75, 3.05) is 5.32 Å². The van der Waals surface area contributed by atoms with Crippen LogP contribution in [-0.2, 0) is 6.54 Å². The molecule has 2 aromatic rings. The molecule has 6 nitrogen and oxygen atoms in total. The highest BCUT2D eigenvalue weighted by atomic mass is 16.6. The molecular formula is C15H14N2O4. The van der Waals surface area contributed by atoms with Crippen LogP contribution in [0.25, 0.3) is 0 Å². The topological polar surface area (TPSA) is 92.5 Å². The second-order valence-electron chi connectivity index (χ2n) is 4.63. The molecule has 0 saturated carbocycles. The fourth-order valence-corrected chi connectivity index (χ4v) is 1.87. The van der Waals surface area contributed by atoms with Crippen LogP contribution < -0.4 is 5.32 Å². The molecule has 0 saturated heterocycles. The van der Waals surface area contributed by atoms with Crippen molar-refractivity contribution in [1.29, 1.82) is 0 Å². The predicted molar refractivity (Wildman–Crippen MR) is 78.6 cm³/mol. The van der Waals surface area contributed by atoms with Gasteiger partial charge in [-0.1, -0.05) is 29.8 Å². The SMILES string of the molecule is Cc1ccc(CNc2ccc(C(=O)O)cc2[N+](=O)[O-])cc1. The van der Waals surface area contributed by atoms with Gasteiger partial charge in [-0.05, 0) is 24.6 Å². The van der Waals surface area contributed by atoms with Crippen LogP contribution in [0, 0.1) is 17.0 Å². The molecule has 6 heteroatoms. The summed E-state index contributed by atoms with van der Waals surface area (Å²) in [5.41, 5.74) is 2.06. The molecular weight excluding hydrogens is 272 g/mol. The van der Waals surface area contributed by atoms with E-state index < -0.39 is 10.9 Å². The summed E-state index contributed by atoms with van der Waals surface area (Å²) in [7, 11) is 0. The molecule has 0 spiro atoms. The van der Waals surface area contributed by atoms with Crippen molar-refractivity contribution in [1.82, 2.24) is 0 Å².